The maximum Gasteiger partial charge on any atom is 0.228 e. The fourth-order valence-electron chi connectivity index (χ4n) is 3.26. The number of likely N-dealkylation sites (tertiary alicyclic amines) is 1. The summed E-state index contributed by atoms with van der Waals surface area (Å²) in [5, 5.41) is 3.12. The minimum atomic E-state index is 0.0705. The van der Waals surface area contributed by atoms with Crippen LogP contribution < -0.4 is 5.32 Å². The normalized spacial score (nSPS) is 18.3. The molecule has 0 radical (unpaired) electrons. The molecule has 2 aromatic carbocycles. The number of aryl methyl sites for hydroxylation is 1. The highest BCUT2D eigenvalue weighted by molar-refractivity contribution is 14.1. The molecule has 24 heavy (non-hydrogen) atoms. The molecular weight excluding hydrogens is 411 g/mol. The van der Waals surface area contributed by atoms with Gasteiger partial charge in [0.15, 0.2) is 0 Å². The van der Waals surface area contributed by atoms with E-state index in [0.29, 0.717) is 0 Å². The number of anilines is 1. The molecular formula is C20H23IN2O. The molecule has 0 bridgehead atoms. The van der Waals surface area contributed by atoms with Crippen LogP contribution in [0, 0.1) is 16.4 Å². The highest BCUT2D eigenvalue weighted by Gasteiger charge is 2.26. The van der Waals surface area contributed by atoms with E-state index < -0.39 is 0 Å². The molecule has 0 spiro atoms. The number of carbonyl (C=O) groups is 1. The van der Waals surface area contributed by atoms with E-state index in [4.69, 9.17) is 0 Å². The molecule has 0 aliphatic carbocycles. The zero-order valence-electron chi connectivity index (χ0n) is 14.0. The molecule has 126 valence electrons. The number of halogens is 1. The lowest BCUT2D eigenvalue weighted by molar-refractivity contribution is -0.121. The average Bonchev–Trinajstić information content (AvgIpc) is 2.58. The molecule has 0 saturated carbocycles. The van der Waals surface area contributed by atoms with Crippen LogP contribution in [0.1, 0.15) is 24.0 Å². The second kappa shape index (κ2) is 8.12. The number of hydrogen-bond donors (Lipinski definition) is 1. The Morgan fingerprint density at radius 3 is 2.79 bits per heavy atom. The van der Waals surface area contributed by atoms with Crippen molar-refractivity contribution in [1.29, 1.82) is 0 Å². The number of nitrogens with one attached hydrogen (secondary N) is 1. The van der Waals surface area contributed by atoms with Crippen molar-refractivity contribution in [3.63, 3.8) is 0 Å². The highest BCUT2D eigenvalue weighted by atomic mass is 127. The molecule has 1 atom stereocenters. The quantitative estimate of drug-likeness (QED) is 0.722. The van der Waals surface area contributed by atoms with Crippen molar-refractivity contribution >= 4 is 34.2 Å². The summed E-state index contributed by atoms with van der Waals surface area (Å²) >= 11 is 2.29. The lowest BCUT2D eigenvalue weighted by Crippen LogP contribution is -2.40. The zero-order chi connectivity index (χ0) is 16.9. The minimum Gasteiger partial charge on any atom is -0.326 e. The molecule has 1 fully saturated rings. The lowest BCUT2D eigenvalue weighted by atomic mass is 9.96. The number of hydrogen-bond acceptors (Lipinski definition) is 2. The molecule has 2 aromatic rings. The molecule has 4 heteroatoms. The predicted molar refractivity (Wildman–Crippen MR) is 107 cm³/mol. The maximum absolute atomic E-state index is 12.7. The number of piperidine rings is 1. The summed E-state index contributed by atoms with van der Waals surface area (Å²) in [4.78, 5) is 15.1. The van der Waals surface area contributed by atoms with E-state index in [-0.39, 0.29) is 11.8 Å². The first kappa shape index (κ1) is 17.4. The second-order valence-corrected chi connectivity index (χ2v) is 7.75. The molecule has 1 N–H and O–H groups in total. The Labute approximate surface area is 157 Å². The van der Waals surface area contributed by atoms with Crippen molar-refractivity contribution in [3.05, 3.63) is 63.2 Å². The second-order valence-electron chi connectivity index (χ2n) is 6.51. The van der Waals surface area contributed by atoms with Gasteiger partial charge in [-0.1, -0.05) is 30.3 Å². The summed E-state index contributed by atoms with van der Waals surface area (Å²) in [6.07, 6.45) is 2.05. The predicted octanol–water partition coefficient (Wildman–Crippen LogP) is 4.45. The summed E-state index contributed by atoms with van der Waals surface area (Å²) < 4.78 is 1.19. The van der Waals surface area contributed by atoms with Gasteiger partial charge < -0.3 is 5.32 Å². The number of carbonyl (C=O) groups excluding carboxylic acids is 1. The minimum absolute atomic E-state index is 0.0705. The molecule has 1 unspecified atom stereocenters. The van der Waals surface area contributed by atoms with Gasteiger partial charge >= 0.3 is 0 Å². The topological polar surface area (TPSA) is 32.3 Å². The third kappa shape index (κ3) is 4.57. The van der Waals surface area contributed by atoms with E-state index in [1.165, 1.54) is 9.13 Å². The van der Waals surface area contributed by atoms with Gasteiger partial charge in [-0.3, -0.25) is 9.69 Å². The Balaban J connectivity index is 1.60. The first-order valence-corrected chi connectivity index (χ1v) is 9.53. The van der Waals surface area contributed by atoms with Gasteiger partial charge in [0.2, 0.25) is 5.91 Å². The van der Waals surface area contributed by atoms with Crippen molar-refractivity contribution in [2.24, 2.45) is 5.92 Å². The van der Waals surface area contributed by atoms with Crippen LogP contribution in [0.2, 0.25) is 0 Å². The molecule has 1 saturated heterocycles. The van der Waals surface area contributed by atoms with Crippen LogP contribution in [0.4, 0.5) is 5.69 Å². The van der Waals surface area contributed by atoms with Gasteiger partial charge in [-0.25, -0.2) is 0 Å². The third-order valence-electron chi connectivity index (χ3n) is 4.57. The van der Waals surface area contributed by atoms with Gasteiger partial charge in [-0.2, -0.15) is 0 Å². The molecule has 1 aliphatic rings. The fraction of sp³-hybridized carbons (Fsp3) is 0.350. The molecule has 0 aromatic heterocycles. The Hall–Kier alpha value is -1.40. The Bertz CT molecular complexity index is 702. The number of rotatable bonds is 4. The molecule has 1 heterocycles. The summed E-state index contributed by atoms with van der Waals surface area (Å²) in [5.41, 5.74) is 3.36. The Kier molecular flexibility index (Phi) is 5.89. The van der Waals surface area contributed by atoms with Crippen LogP contribution in [-0.4, -0.2) is 23.9 Å². The first-order valence-electron chi connectivity index (χ1n) is 8.45. The van der Waals surface area contributed by atoms with E-state index in [9.17, 15) is 4.79 Å². The monoisotopic (exact) mass is 434 g/mol. The summed E-state index contributed by atoms with van der Waals surface area (Å²) in [5.74, 6) is 0.221. The Morgan fingerprint density at radius 2 is 2.04 bits per heavy atom. The average molecular weight is 434 g/mol. The zero-order valence-corrected chi connectivity index (χ0v) is 16.1. The number of amides is 1. The van der Waals surface area contributed by atoms with E-state index in [2.05, 4.69) is 63.1 Å². The first-order chi connectivity index (χ1) is 11.6. The van der Waals surface area contributed by atoms with Crippen LogP contribution in [-0.2, 0) is 11.3 Å². The smallest absolute Gasteiger partial charge is 0.228 e. The third-order valence-corrected chi connectivity index (χ3v) is 5.24. The maximum atomic E-state index is 12.7. The van der Waals surface area contributed by atoms with Crippen LogP contribution in [0.3, 0.4) is 0 Å². The van der Waals surface area contributed by atoms with Crippen LogP contribution in [0.15, 0.2) is 48.5 Å². The molecule has 1 aliphatic heterocycles. The summed E-state index contributed by atoms with van der Waals surface area (Å²) in [6, 6.07) is 16.6. The molecule has 3 nitrogen and oxygen atoms in total. The number of benzene rings is 2. The van der Waals surface area contributed by atoms with Crippen molar-refractivity contribution in [3.8, 4) is 0 Å². The van der Waals surface area contributed by atoms with Gasteiger partial charge in [-0.15, -0.1) is 0 Å². The van der Waals surface area contributed by atoms with Crippen LogP contribution >= 0.6 is 22.6 Å². The lowest BCUT2D eigenvalue weighted by Gasteiger charge is -2.32. The van der Waals surface area contributed by atoms with Gasteiger partial charge in [0.1, 0.15) is 0 Å². The number of nitrogens with zero attached hydrogens (tertiary/aromatic N) is 1. The van der Waals surface area contributed by atoms with E-state index in [1.54, 1.807) is 0 Å². The van der Waals surface area contributed by atoms with Gasteiger partial charge in [-0.05, 0) is 78.2 Å². The highest BCUT2D eigenvalue weighted by Crippen LogP contribution is 2.22. The Morgan fingerprint density at radius 1 is 1.25 bits per heavy atom. The van der Waals surface area contributed by atoms with E-state index in [0.717, 1.165) is 43.7 Å². The van der Waals surface area contributed by atoms with Gasteiger partial charge in [0.05, 0.1) is 5.92 Å². The van der Waals surface area contributed by atoms with Crippen LogP contribution in [0.25, 0.3) is 0 Å². The summed E-state index contributed by atoms with van der Waals surface area (Å²) in [7, 11) is 0. The van der Waals surface area contributed by atoms with Crippen LogP contribution in [0.5, 0.6) is 0 Å². The van der Waals surface area contributed by atoms with Crippen molar-refractivity contribution in [1.82, 2.24) is 4.90 Å². The summed E-state index contributed by atoms with van der Waals surface area (Å²) in [6.45, 7) is 4.87. The molecule has 1 amide bonds. The van der Waals surface area contributed by atoms with Gasteiger partial charge in [0, 0.05) is 22.3 Å². The van der Waals surface area contributed by atoms with E-state index in [1.807, 2.05) is 25.1 Å². The largest absolute Gasteiger partial charge is 0.326 e. The van der Waals surface area contributed by atoms with E-state index >= 15 is 0 Å². The SMILES string of the molecule is Cc1cc(I)ccc1NC(=O)C1CCCN(Cc2ccccc2)C1. The van der Waals surface area contributed by atoms with Gasteiger partial charge in [0.25, 0.3) is 0 Å². The molecule has 3 rings (SSSR count). The van der Waals surface area contributed by atoms with Crippen molar-refractivity contribution in [2.45, 2.75) is 26.3 Å². The standard InChI is InChI=1S/C20H23IN2O/c1-15-12-18(21)9-10-19(15)22-20(24)17-8-5-11-23(14-17)13-16-6-3-2-4-7-16/h2-4,6-7,9-10,12,17H,5,8,11,13-14H2,1H3,(H,22,24). The van der Waals surface area contributed by atoms with Crippen molar-refractivity contribution < 1.29 is 4.79 Å². The fourth-order valence-corrected chi connectivity index (χ4v) is 3.90. The van der Waals surface area contributed by atoms with Crippen molar-refractivity contribution in [2.75, 3.05) is 18.4 Å².